The van der Waals surface area contributed by atoms with Gasteiger partial charge in [-0.2, -0.15) is 13.2 Å². The Morgan fingerprint density at radius 1 is 1.09 bits per heavy atom. The molecule has 0 spiro atoms. The minimum atomic E-state index is -4.42. The summed E-state index contributed by atoms with van der Waals surface area (Å²) in [5.74, 6) is -0.0378. The topological polar surface area (TPSA) is 21.3 Å². The van der Waals surface area contributed by atoms with E-state index in [0.717, 1.165) is 12.6 Å². The molecular weight excluding hydrogens is 298 g/mol. The lowest BCUT2D eigenvalue weighted by atomic mass is 9.89. The molecule has 0 atom stereocenters. The molecule has 1 N–H and O–H groups in total. The van der Waals surface area contributed by atoms with Gasteiger partial charge in [-0.05, 0) is 43.0 Å². The van der Waals surface area contributed by atoms with Crippen molar-refractivity contribution in [1.82, 2.24) is 5.32 Å². The van der Waals surface area contributed by atoms with Gasteiger partial charge in [-0.15, -0.1) is 0 Å². The van der Waals surface area contributed by atoms with E-state index in [1.54, 1.807) is 0 Å². The molecule has 124 valence electrons. The van der Waals surface area contributed by atoms with Crippen LogP contribution < -0.4 is 10.1 Å². The molecule has 1 aliphatic rings. The van der Waals surface area contributed by atoms with Crippen LogP contribution in [0, 0.1) is 11.7 Å². The summed E-state index contributed by atoms with van der Waals surface area (Å²) in [6, 6.07) is 3.73. The molecule has 0 heterocycles. The van der Waals surface area contributed by atoms with Crippen molar-refractivity contribution in [3.63, 3.8) is 0 Å². The van der Waals surface area contributed by atoms with Gasteiger partial charge in [0.05, 0.1) is 0 Å². The van der Waals surface area contributed by atoms with Gasteiger partial charge in [-0.25, -0.2) is 4.39 Å². The molecule has 0 saturated heterocycles. The third-order valence-electron chi connectivity index (χ3n) is 3.82. The molecule has 1 saturated carbocycles. The van der Waals surface area contributed by atoms with Crippen molar-refractivity contribution < 1.29 is 22.3 Å². The Balaban J connectivity index is 1.83. The van der Waals surface area contributed by atoms with Crippen molar-refractivity contribution in [1.29, 1.82) is 0 Å². The van der Waals surface area contributed by atoms with Crippen LogP contribution >= 0.6 is 0 Å². The first-order valence-electron chi connectivity index (χ1n) is 7.62. The molecule has 1 aliphatic carbocycles. The lowest BCUT2D eigenvalue weighted by molar-refractivity contribution is -0.153. The second kappa shape index (κ2) is 7.81. The van der Waals surface area contributed by atoms with Gasteiger partial charge in [0.25, 0.3) is 0 Å². The fraction of sp³-hybridized carbons (Fsp3) is 0.625. The molecule has 22 heavy (non-hydrogen) atoms. The van der Waals surface area contributed by atoms with Crippen LogP contribution in [0.15, 0.2) is 18.2 Å². The Labute approximate surface area is 127 Å². The van der Waals surface area contributed by atoms with Crippen molar-refractivity contribution in [2.24, 2.45) is 5.92 Å². The summed E-state index contributed by atoms with van der Waals surface area (Å²) in [4.78, 5) is 0. The normalized spacial score (nSPS) is 16.7. The number of hydrogen-bond donors (Lipinski definition) is 1. The molecule has 1 aromatic rings. The number of rotatable bonds is 6. The van der Waals surface area contributed by atoms with Crippen LogP contribution in [-0.2, 0) is 6.54 Å². The number of nitrogens with one attached hydrogen (secondary N) is 1. The lowest BCUT2D eigenvalue weighted by Crippen LogP contribution is -2.24. The molecule has 2 rings (SSSR count). The molecule has 1 fully saturated rings. The average molecular weight is 319 g/mol. The van der Waals surface area contributed by atoms with E-state index in [1.165, 1.54) is 44.2 Å². The quantitative estimate of drug-likeness (QED) is 0.783. The van der Waals surface area contributed by atoms with E-state index in [9.17, 15) is 17.6 Å². The van der Waals surface area contributed by atoms with Crippen molar-refractivity contribution in [3.05, 3.63) is 29.6 Å². The largest absolute Gasteiger partial charge is 0.484 e. The van der Waals surface area contributed by atoms with Gasteiger partial charge in [0, 0.05) is 12.6 Å². The summed E-state index contributed by atoms with van der Waals surface area (Å²) < 4.78 is 54.4. The van der Waals surface area contributed by atoms with Crippen LogP contribution in [0.1, 0.15) is 37.7 Å². The van der Waals surface area contributed by atoms with E-state index in [-0.39, 0.29) is 5.75 Å². The van der Waals surface area contributed by atoms with Gasteiger partial charge in [0.15, 0.2) is 6.61 Å². The number of benzene rings is 1. The zero-order valence-corrected chi connectivity index (χ0v) is 12.4. The third-order valence-corrected chi connectivity index (χ3v) is 3.82. The summed E-state index contributed by atoms with van der Waals surface area (Å²) in [6.45, 7) is -0.128. The van der Waals surface area contributed by atoms with Crippen molar-refractivity contribution in [2.75, 3.05) is 13.2 Å². The van der Waals surface area contributed by atoms with Crippen molar-refractivity contribution in [2.45, 2.75) is 44.8 Å². The molecule has 0 bridgehead atoms. The molecule has 6 heteroatoms. The van der Waals surface area contributed by atoms with Gasteiger partial charge in [0.2, 0.25) is 0 Å². The molecule has 1 aromatic carbocycles. The van der Waals surface area contributed by atoms with E-state index in [0.29, 0.717) is 18.0 Å². The first-order chi connectivity index (χ1) is 10.4. The van der Waals surface area contributed by atoms with E-state index < -0.39 is 18.6 Å². The fourth-order valence-corrected chi connectivity index (χ4v) is 2.78. The van der Waals surface area contributed by atoms with Gasteiger partial charge in [-0.1, -0.05) is 19.3 Å². The molecule has 0 unspecified atom stereocenters. The van der Waals surface area contributed by atoms with Gasteiger partial charge < -0.3 is 10.1 Å². The van der Waals surface area contributed by atoms with Crippen LogP contribution in [0.4, 0.5) is 17.6 Å². The molecule has 0 radical (unpaired) electrons. The molecule has 0 amide bonds. The van der Waals surface area contributed by atoms with Gasteiger partial charge >= 0.3 is 6.18 Å². The number of hydrogen-bond acceptors (Lipinski definition) is 2. The summed E-state index contributed by atoms with van der Waals surface area (Å²) in [5.41, 5.74) is 0.591. The predicted molar refractivity (Wildman–Crippen MR) is 76.2 cm³/mol. The highest BCUT2D eigenvalue weighted by Gasteiger charge is 2.28. The SMILES string of the molecule is Fc1cc(CNCC2CCCCC2)cc(OCC(F)(F)F)c1. The summed E-state index contributed by atoms with van der Waals surface area (Å²) in [7, 11) is 0. The third kappa shape index (κ3) is 6.22. The maximum atomic E-state index is 13.4. The van der Waals surface area contributed by atoms with E-state index in [2.05, 4.69) is 10.1 Å². The highest BCUT2D eigenvalue weighted by atomic mass is 19.4. The second-order valence-corrected chi connectivity index (χ2v) is 5.83. The Hall–Kier alpha value is -1.30. The summed E-state index contributed by atoms with van der Waals surface area (Å²) in [5, 5.41) is 3.25. The Morgan fingerprint density at radius 3 is 2.50 bits per heavy atom. The minimum absolute atomic E-state index is 0.0909. The number of alkyl halides is 3. The summed E-state index contributed by atoms with van der Waals surface area (Å²) >= 11 is 0. The Kier molecular flexibility index (Phi) is 6.06. The fourth-order valence-electron chi connectivity index (χ4n) is 2.78. The van der Waals surface area contributed by atoms with Crippen LogP contribution in [0.3, 0.4) is 0 Å². The zero-order chi connectivity index (χ0) is 16.0. The van der Waals surface area contributed by atoms with Crippen molar-refractivity contribution >= 4 is 0 Å². The van der Waals surface area contributed by atoms with Gasteiger partial charge in [-0.3, -0.25) is 0 Å². The molecule has 0 aromatic heterocycles. The van der Waals surface area contributed by atoms with E-state index in [1.807, 2.05) is 0 Å². The maximum absolute atomic E-state index is 13.4. The Morgan fingerprint density at radius 2 is 1.82 bits per heavy atom. The minimum Gasteiger partial charge on any atom is -0.484 e. The molecule has 2 nitrogen and oxygen atoms in total. The smallest absolute Gasteiger partial charge is 0.422 e. The number of ether oxygens (including phenoxy) is 1. The first kappa shape index (κ1) is 17.1. The highest BCUT2D eigenvalue weighted by molar-refractivity contribution is 5.29. The predicted octanol–water partition coefficient (Wildman–Crippen LogP) is 4.44. The van der Waals surface area contributed by atoms with Gasteiger partial charge in [0.1, 0.15) is 11.6 Å². The maximum Gasteiger partial charge on any atom is 0.422 e. The molecular formula is C16H21F4NO. The first-order valence-corrected chi connectivity index (χ1v) is 7.62. The van der Waals surface area contributed by atoms with Crippen LogP contribution in [-0.4, -0.2) is 19.3 Å². The van der Waals surface area contributed by atoms with Crippen LogP contribution in [0.5, 0.6) is 5.75 Å². The van der Waals surface area contributed by atoms with Crippen LogP contribution in [0.25, 0.3) is 0 Å². The van der Waals surface area contributed by atoms with E-state index in [4.69, 9.17) is 0 Å². The molecule has 0 aliphatic heterocycles. The zero-order valence-electron chi connectivity index (χ0n) is 12.4. The van der Waals surface area contributed by atoms with Crippen molar-refractivity contribution in [3.8, 4) is 5.75 Å². The number of halogens is 4. The monoisotopic (exact) mass is 319 g/mol. The Bertz CT molecular complexity index is 470. The average Bonchev–Trinajstić information content (AvgIpc) is 2.45. The standard InChI is InChI=1S/C16H21F4NO/c17-14-6-13(7-15(8-14)22-11-16(18,19)20)10-21-9-12-4-2-1-3-5-12/h6-8,12,21H,1-5,9-11H2. The second-order valence-electron chi connectivity index (χ2n) is 5.83. The van der Waals surface area contributed by atoms with E-state index >= 15 is 0 Å². The highest BCUT2D eigenvalue weighted by Crippen LogP contribution is 2.23. The lowest BCUT2D eigenvalue weighted by Gasteiger charge is -2.21. The van der Waals surface area contributed by atoms with Crippen LogP contribution in [0.2, 0.25) is 0 Å². The summed E-state index contributed by atoms with van der Waals surface area (Å²) in [6.07, 6.45) is 1.78.